The molecule has 0 unspecified atom stereocenters. The van der Waals surface area contributed by atoms with E-state index in [0.717, 1.165) is 42.9 Å². The number of aliphatic hydroxyl groups excluding tert-OH is 1. The van der Waals surface area contributed by atoms with E-state index in [1.807, 2.05) is 0 Å². The molecule has 102 valence electrons. The summed E-state index contributed by atoms with van der Waals surface area (Å²) in [6.45, 7) is 0.836. The highest BCUT2D eigenvalue weighted by Crippen LogP contribution is 2.28. The van der Waals surface area contributed by atoms with E-state index in [1.165, 1.54) is 4.88 Å². The number of thiophene rings is 1. The largest absolute Gasteiger partial charge is 0.393 e. The summed E-state index contributed by atoms with van der Waals surface area (Å²) in [5.74, 6) is 0. The van der Waals surface area contributed by atoms with Crippen LogP contribution in [0, 0.1) is 0 Å². The maximum Gasteiger partial charge on any atom is 0.133 e. The molecule has 2 aromatic rings. The van der Waals surface area contributed by atoms with E-state index in [2.05, 4.69) is 33.2 Å². The van der Waals surface area contributed by atoms with Crippen LogP contribution in [0.5, 0.6) is 0 Å². The monoisotopic (exact) mass is 294 g/mol. The van der Waals surface area contributed by atoms with Gasteiger partial charge in [-0.05, 0) is 37.1 Å². The number of rotatable bonds is 4. The van der Waals surface area contributed by atoms with Crippen molar-refractivity contribution >= 4 is 22.7 Å². The number of nitrogens with zero attached hydrogens (tertiary/aromatic N) is 1. The molecule has 0 amide bonds. The second kappa shape index (κ2) is 6.13. The Morgan fingerprint density at radius 3 is 2.84 bits per heavy atom. The zero-order chi connectivity index (χ0) is 13.1. The molecule has 1 fully saturated rings. The molecule has 0 bridgehead atoms. The quantitative estimate of drug-likeness (QED) is 0.909. The van der Waals surface area contributed by atoms with Crippen LogP contribution in [0.25, 0.3) is 9.88 Å². The van der Waals surface area contributed by atoms with Gasteiger partial charge in [-0.3, -0.25) is 0 Å². The molecule has 0 saturated heterocycles. The Labute approximate surface area is 121 Å². The van der Waals surface area contributed by atoms with Crippen molar-refractivity contribution in [3.05, 3.63) is 28.6 Å². The van der Waals surface area contributed by atoms with Crippen molar-refractivity contribution in [2.24, 2.45) is 0 Å². The SMILES string of the molecule is OC1CCC(NCc2csc(-c3cccs3)n2)CC1. The van der Waals surface area contributed by atoms with Gasteiger partial charge in [-0.2, -0.15) is 0 Å². The number of hydrogen-bond donors (Lipinski definition) is 2. The maximum atomic E-state index is 9.48. The van der Waals surface area contributed by atoms with E-state index < -0.39 is 0 Å². The van der Waals surface area contributed by atoms with E-state index >= 15 is 0 Å². The van der Waals surface area contributed by atoms with Crippen LogP contribution in [0.3, 0.4) is 0 Å². The van der Waals surface area contributed by atoms with Gasteiger partial charge in [-0.1, -0.05) is 6.07 Å². The van der Waals surface area contributed by atoms with Crippen LogP contribution < -0.4 is 5.32 Å². The molecule has 1 aliphatic rings. The summed E-state index contributed by atoms with van der Waals surface area (Å²) in [6, 6.07) is 4.71. The van der Waals surface area contributed by atoms with Gasteiger partial charge in [-0.15, -0.1) is 22.7 Å². The van der Waals surface area contributed by atoms with E-state index in [1.54, 1.807) is 22.7 Å². The van der Waals surface area contributed by atoms with Gasteiger partial charge in [0.1, 0.15) is 5.01 Å². The third-order valence-corrected chi connectivity index (χ3v) is 5.48. The Morgan fingerprint density at radius 2 is 2.11 bits per heavy atom. The van der Waals surface area contributed by atoms with Crippen molar-refractivity contribution < 1.29 is 5.11 Å². The molecule has 3 nitrogen and oxygen atoms in total. The highest BCUT2D eigenvalue weighted by atomic mass is 32.1. The van der Waals surface area contributed by atoms with Gasteiger partial charge in [0.25, 0.3) is 0 Å². The van der Waals surface area contributed by atoms with Gasteiger partial charge < -0.3 is 10.4 Å². The van der Waals surface area contributed by atoms with Gasteiger partial charge >= 0.3 is 0 Å². The Balaban J connectivity index is 1.53. The van der Waals surface area contributed by atoms with Crippen molar-refractivity contribution in [3.63, 3.8) is 0 Å². The standard InChI is InChI=1S/C14H18N2OS2/c17-12-5-3-10(4-6-12)15-8-11-9-19-14(16-11)13-2-1-7-18-13/h1-2,7,9-10,12,15,17H,3-6,8H2. The number of nitrogens with one attached hydrogen (secondary N) is 1. The van der Waals surface area contributed by atoms with Gasteiger partial charge in [0.05, 0.1) is 16.7 Å². The van der Waals surface area contributed by atoms with Crippen molar-refractivity contribution in [2.75, 3.05) is 0 Å². The first kappa shape index (κ1) is 13.2. The number of aromatic nitrogens is 1. The smallest absolute Gasteiger partial charge is 0.133 e. The lowest BCUT2D eigenvalue weighted by Crippen LogP contribution is -2.34. The summed E-state index contributed by atoms with van der Waals surface area (Å²) < 4.78 is 0. The summed E-state index contributed by atoms with van der Waals surface area (Å²) in [6.07, 6.45) is 3.92. The molecule has 1 saturated carbocycles. The van der Waals surface area contributed by atoms with E-state index in [9.17, 15) is 5.11 Å². The first-order valence-electron chi connectivity index (χ1n) is 6.71. The maximum absolute atomic E-state index is 9.48. The van der Waals surface area contributed by atoms with Gasteiger partial charge in [0, 0.05) is 18.0 Å². The van der Waals surface area contributed by atoms with E-state index in [0.29, 0.717) is 6.04 Å². The van der Waals surface area contributed by atoms with Crippen molar-refractivity contribution in [1.82, 2.24) is 10.3 Å². The topological polar surface area (TPSA) is 45.1 Å². The molecular formula is C14H18N2OS2. The lowest BCUT2D eigenvalue weighted by Gasteiger charge is -2.25. The third kappa shape index (κ3) is 3.42. The van der Waals surface area contributed by atoms with Gasteiger partial charge in [-0.25, -0.2) is 4.98 Å². The first-order valence-corrected chi connectivity index (χ1v) is 8.47. The summed E-state index contributed by atoms with van der Waals surface area (Å²) in [4.78, 5) is 5.92. The molecule has 0 atom stereocenters. The van der Waals surface area contributed by atoms with Gasteiger partial charge in [0.15, 0.2) is 0 Å². The van der Waals surface area contributed by atoms with Crippen LogP contribution >= 0.6 is 22.7 Å². The van der Waals surface area contributed by atoms with Crippen LogP contribution in [0.15, 0.2) is 22.9 Å². The molecule has 0 radical (unpaired) electrons. The van der Waals surface area contributed by atoms with Crippen molar-refractivity contribution in [3.8, 4) is 9.88 Å². The average molecular weight is 294 g/mol. The second-order valence-corrected chi connectivity index (χ2v) is 6.81. The number of hydrogen-bond acceptors (Lipinski definition) is 5. The molecule has 2 aromatic heterocycles. The van der Waals surface area contributed by atoms with E-state index in [4.69, 9.17) is 0 Å². The fourth-order valence-electron chi connectivity index (χ4n) is 2.43. The fraction of sp³-hybridized carbons (Fsp3) is 0.500. The van der Waals surface area contributed by atoms with Crippen LogP contribution in [0.4, 0.5) is 0 Å². The minimum atomic E-state index is -0.0808. The lowest BCUT2D eigenvalue weighted by molar-refractivity contribution is 0.116. The summed E-state index contributed by atoms with van der Waals surface area (Å²) in [5.41, 5.74) is 1.12. The second-order valence-electron chi connectivity index (χ2n) is 5.01. The molecule has 5 heteroatoms. The first-order chi connectivity index (χ1) is 9.31. The predicted molar refractivity (Wildman–Crippen MR) is 80.5 cm³/mol. The third-order valence-electron chi connectivity index (χ3n) is 3.55. The summed E-state index contributed by atoms with van der Waals surface area (Å²) in [7, 11) is 0. The molecule has 0 aliphatic heterocycles. The zero-order valence-corrected chi connectivity index (χ0v) is 12.3. The Bertz CT molecular complexity index is 501. The van der Waals surface area contributed by atoms with E-state index in [-0.39, 0.29) is 6.10 Å². The molecule has 0 spiro atoms. The lowest BCUT2D eigenvalue weighted by atomic mass is 9.93. The fourth-order valence-corrected chi connectivity index (χ4v) is 4.06. The zero-order valence-electron chi connectivity index (χ0n) is 10.7. The van der Waals surface area contributed by atoms with Crippen LogP contribution in [-0.4, -0.2) is 22.2 Å². The van der Waals surface area contributed by atoms with Gasteiger partial charge in [0.2, 0.25) is 0 Å². The molecule has 2 N–H and O–H groups in total. The number of aliphatic hydroxyl groups is 1. The highest BCUT2D eigenvalue weighted by Gasteiger charge is 2.18. The molecule has 0 aromatic carbocycles. The normalized spacial score (nSPS) is 23.6. The Kier molecular flexibility index (Phi) is 4.28. The molecule has 19 heavy (non-hydrogen) atoms. The van der Waals surface area contributed by atoms with Crippen LogP contribution in [0.2, 0.25) is 0 Å². The van der Waals surface area contributed by atoms with Crippen LogP contribution in [-0.2, 0) is 6.54 Å². The van der Waals surface area contributed by atoms with Crippen molar-refractivity contribution in [2.45, 2.75) is 44.4 Å². The molecule has 3 rings (SSSR count). The minimum Gasteiger partial charge on any atom is -0.393 e. The molecule has 1 aliphatic carbocycles. The Morgan fingerprint density at radius 1 is 1.26 bits per heavy atom. The predicted octanol–water partition coefficient (Wildman–Crippen LogP) is 3.26. The average Bonchev–Trinajstić information content (AvgIpc) is 3.09. The minimum absolute atomic E-state index is 0.0808. The van der Waals surface area contributed by atoms with Crippen molar-refractivity contribution in [1.29, 1.82) is 0 Å². The molecular weight excluding hydrogens is 276 g/mol. The molecule has 2 heterocycles. The number of thiazole rings is 1. The van der Waals surface area contributed by atoms with Crippen LogP contribution in [0.1, 0.15) is 31.4 Å². The summed E-state index contributed by atoms with van der Waals surface area (Å²) >= 11 is 3.45. The Hall–Kier alpha value is -0.750. The highest BCUT2D eigenvalue weighted by molar-refractivity contribution is 7.20. The summed E-state index contributed by atoms with van der Waals surface area (Å²) in [5, 5.41) is 18.4.